The van der Waals surface area contributed by atoms with E-state index >= 15 is 0 Å². The number of H-pyrrole nitrogens is 1. The molecule has 0 spiro atoms. The van der Waals surface area contributed by atoms with Crippen LogP contribution in [0.25, 0.3) is 10.9 Å². The van der Waals surface area contributed by atoms with E-state index in [2.05, 4.69) is 15.5 Å². The normalized spacial score (nSPS) is 12.2. The van der Waals surface area contributed by atoms with E-state index in [0.29, 0.717) is 12.3 Å². The summed E-state index contributed by atoms with van der Waals surface area (Å²) in [6.45, 7) is 2.15. The minimum absolute atomic E-state index is 0.182. The lowest BCUT2D eigenvalue weighted by molar-refractivity contribution is -0.127. The second kappa shape index (κ2) is 6.41. The molecule has 1 amide bonds. The fraction of sp³-hybridized carbons (Fsp3) is 0.176. The van der Waals surface area contributed by atoms with E-state index in [0.717, 1.165) is 16.5 Å². The molecule has 3 aromatic rings. The smallest absolute Gasteiger partial charge is 0.253 e. The van der Waals surface area contributed by atoms with Gasteiger partial charge in [0.05, 0.1) is 24.0 Å². The number of aromatic amines is 1. The van der Waals surface area contributed by atoms with E-state index in [9.17, 15) is 4.79 Å². The van der Waals surface area contributed by atoms with Crippen molar-refractivity contribution in [3.63, 3.8) is 0 Å². The third-order valence-electron chi connectivity index (χ3n) is 3.45. The van der Waals surface area contributed by atoms with Crippen molar-refractivity contribution in [2.45, 2.75) is 19.6 Å². The van der Waals surface area contributed by atoms with E-state index in [1.54, 1.807) is 13.1 Å². The number of aromatic nitrogens is 2. The molecule has 0 fully saturated rings. The van der Waals surface area contributed by atoms with Crippen molar-refractivity contribution < 1.29 is 9.53 Å². The summed E-state index contributed by atoms with van der Waals surface area (Å²) in [6.07, 6.45) is 1.18. The molecule has 1 aromatic heterocycles. The van der Waals surface area contributed by atoms with Gasteiger partial charge in [0.2, 0.25) is 0 Å². The molecule has 0 aliphatic heterocycles. The number of nitrogens with one attached hydrogen (secondary N) is 2. The highest BCUT2D eigenvalue weighted by Crippen LogP contribution is 2.20. The van der Waals surface area contributed by atoms with Gasteiger partial charge in [0.1, 0.15) is 6.10 Å². The third-order valence-corrected chi connectivity index (χ3v) is 3.45. The molecule has 0 saturated heterocycles. The maximum Gasteiger partial charge on any atom is 0.253 e. The summed E-state index contributed by atoms with van der Waals surface area (Å²) in [7, 11) is 0. The number of carbonyl (C=O) groups is 1. The van der Waals surface area contributed by atoms with Crippen LogP contribution in [0.5, 0.6) is 0 Å². The number of para-hydroxylation sites is 1. The molecular weight excluding hydrogens is 278 g/mol. The van der Waals surface area contributed by atoms with Gasteiger partial charge in [-0.2, -0.15) is 5.10 Å². The van der Waals surface area contributed by atoms with Crippen LogP contribution in [0.1, 0.15) is 12.5 Å². The number of ether oxygens (including phenoxy) is 1. The molecule has 0 aliphatic carbocycles. The van der Waals surface area contributed by atoms with Gasteiger partial charge in [0.25, 0.3) is 5.91 Å². The molecule has 2 N–H and O–H groups in total. The predicted octanol–water partition coefficient (Wildman–Crippen LogP) is 3.11. The summed E-state index contributed by atoms with van der Waals surface area (Å²) in [6, 6.07) is 15.4. The van der Waals surface area contributed by atoms with Crippen molar-refractivity contribution in [2.24, 2.45) is 0 Å². The van der Waals surface area contributed by atoms with Crippen LogP contribution in [0, 0.1) is 0 Å². The van der Waals surface area contributed by atoms with Gasteiger partial charge in [-0.05, 0) is 18.6 Å². The van der Waals surface area contributed by atoms with Crippen molar-refractivity contribution in [3.05, 3.63) is 60.3 Å². The second-order valence-corrected chi connectivity index (χ2v) is 5.07. The Balaban J connectivity index is 1.63. The molecule has 0 aliphatic rings. The van der Waals surface area contributed by atoms with Crippen LogP contribution in [-0.4, -0.2) is 22.2 Å². The Bertz CT molecular complexity index is 768. The van der Waals surface area contributed by atoms with Crippen LogP contribution < -0.4 is 5.32 Å². The first-order valence-corrected chi connectivity index (χ1v) is 7.12. The molecule has 3 rings (SSSR count). The SMILES string of the molecule is CC(OCc1ccccc1)C(=O)Nc1cccc2cn[nH]c12. The lowest BCUT2D eigenvalue weighted by Gasteiger charge is -2.14. The standard InChI is InChI=1S/C17H17N3O2/c1-12(22-11-13-6-3-2-4-7-13)17(21)19-15-9-5-8-14-10-18-20-16(14)15/h2-10,12H,11H2,1H3,(H,18,20)(H,19,21). The topological polar surface area (TPSA) is 67.0 Å². The Hall–Kier alpha value is -2.66. The molecule has 5 nitrogen and oxygen atoms in total. The number of hydrogen-bond donors (Lipinski definition) is 2. The van der Waals surface area contributed by atoms with Crippen molar-refractivity contribution in [1.29, 1.82) is 0 Å². The van der Waals surface area contributed by atoms with Crippen LogP contribution >= 0.6 is 0 Å². The van der Waals surface area contributed by atoms with E-state index in [1.165, 1.54) is 0 Å². The fourth-order valence-electron chi connectivity index (χ4n) is 2.18. The Labute approximate surface area is 128 Å². The quantitative estimate of drug-likeness (QED) is 0.760. The summed E-state index contributed by atoms with van der Waals surface area (Å²) >= 11 is 0. The zero-order valence-corrected chi connectivity index (χ0v) is 12.2. The second-order valence-electron chi connectivity index (χ2n) is 5.07. The number of benzene rings is 2. The molecule has 1 atom stereocenters. The van der Waals surface area contributed by atoms with E-state index in [4.69, 9.17) is 4.74 Å². The van der Waals surface area contributed by atoms with Crippen molar-refractivity contribution in [3.8, 4) is 0 Å². The van der Waals surface area contributed by atoms with Gasteiger partial charge in [0.15, 0.2) is 0 Å². The average molecular weight is 295 g/mol. The zero-order valence-electron chi connectivity index (χ0n) is 12.2. The van der Waals surface area contributed by atoms with Crippen LogP contribution in [0.2, 0.25) is 0 Å². The summed E-state index contributed by atoms with van der Waals surface area (Å²) in [5, 5.41) is 10.7. The van der Waals surface area contributed by atoms with Gasteiger partial charge < -0.3 is 10.1 Å². The average Bonchev–Trinajstić information content (AvgIpc) is 3.03. The molecule has 1 unspecified atom stereocenters. The Morgan fingerprint density at radius 3 is 2.86 bits per heavy atom. The van der Waals surface area contributed by atoms with E-state index in [-0.39, 0.29) is 5.91 Å². The number of fused-ring (bicyclic) bond motifs is 1. The number of nitrogens with zero attached hydrogens (tertiary/aromatic N) is 1. The molecular formula is C17H17N3O2. The molecule has 0 saturated carbocycles. The molecule has 0 radical (unpaired) electrons. The predicted molar refractivity (Wildman–Crippen MR) is 85.4 cm³/mol. The number of anilines is 1. The van der Waals surface area contributed by atoms with E-state index in [1.807, 2.05) is 48.5 Å². The molecule has 112 valence electrons. The third kappa shape index (κ3) is 3.15. The monoisotopic (exact) mass is 295 g/mol. The Morgan fingerprint density at radius 2 is 2.05 bits per heavy atom. The summed E-state index contributed by atoms with van der Waals surface area (Å²) in [5.74, 6) is -0.182. The first-order chi connectivity index (χ1) is 10.7. The Morgan fingerprint density at radius 1 is 1.23 bits per heavy atom. The van der Waals surface area contributed by atoms with Gasteiger partial charge >= 0.3 is 0 Å². The summed E-state index contributed by atoms with van der Waals surface area (Å²) in [5.41, 5.74) is 2.55. The number of hydrogen-bond acceptors (Lipinski definition) is 3. The van der Waals surface area contributed by atoms with Gasteiger partial charge in [0, 0.05) is 5.39 Å². The van der Waals surface area contributed by atoms with Gasteiger partial charge in [-0.15, -0.1) is 0 Å². The molecule has 5 heteroatoms. The molecule has 2 aromatic carbocycles. The molecule has 1 heterocycles. The summed E-state index contributed by atoms with van der Waals surface area (Å²) in [4.78, 5) is 12.2. The van der Waals surface area contributed by atoms with Crippen molar-refractivity contribution in [1.82, 2.24) is 10.2 Å². The first kappa shape index (κ1) is 14.3. The van der Waals surface area contributed by atoms with Crippen LogP contribution in [0.3, 0.4) is 0 Å². The van der Waals surface area contributed by atoms with Crippen LogP contribution in [-0.2, 0) is 16.1 Å². The molecule has 0 bridgehead atoms. The van der Waals surface area contributed by atoms with Gasteiger partial charge in [-0.25, -0.2) is 0 Å². The number of amides is 1. The Kier molecular flexibility index (Phi) is 4.16. The highest BCUT2D eigenvalue weighted by molar-refractivity contribution is 6.01. The fourth-order valence-corrected chi connectivity index (χ4v) is 2.18. The minimum Gasteiger partial charge on any atom is -0.364 e. The largest absolute Gasteiger partial charge is 0.364 e. The highest BCUT2D eigenvalue weighted by atomic mass is 16.5. The maximum absolute atomic E-state index is 12.2. The zero-order chi connectivity index (χ0) is 15.4. The summed E-state index contributed by atoms with van der Waals surface area (Å²) < 4.78 is 5.62. The number of carbonyl (C=O) groups excluding carboxylic acids is 1. The molecule has 22 heavy (non-hydrogen) atoms. The van der Waals surface area contributed by atoms with Crippen molar-refractivity contribution in [2.75, 3.05) is 5.32 Å². The van der Waals surface area contributed by atoms with Crippen LogP contribution in [0.4, 0.5) is 5.69 Å². The lowest BCUT2D eigenvalue weighted by Crippen LogP contribution is -2.27. The van der Waals surface area contributed by atoms with Crippen molar-refractivity contribution >= 4 is 22.5 Å². The van der Waals surface area contributed by atoms with Gasteiger partial charge in [-0.3, -0.25) is 9.89 Å². The van der Waals surface area contributed by atoms with Gasteiger partial charge in [-0.1, -0.05) is 42.5 Å². The maximum atomic E-state index is 12.2. The minimum atomic E-state index is -0.543. The first-order valence-electron chi connectivity index (χ1n) is 7.12. The number of rotatable bonds is 5. The van der Waals surface area contributed by atoms with E-state index < -0.39 is 6.10 Å². The lowest BCUT2D eigenvalue weighted by atomic mass is 10.2. The highest BCUT2D eigenvalue weighted by Gasteiger charge is 2.15. The van der Waals surface area contributed by atoms with Crippen LogP contribution in [0.15, 0.2) is 54.7 Å².